The van der Waals surface area contributed by atoms with Gasteiger partial charge in [-0.05, 0) is 62.2 Å². The Morgan fingerprint density at radius 1 is 1.15 bits per heavy atom. The lowest BCUT2D eigenvalue weighted by Gasteiger charge is -2.33. The van der Waals surface area contributed by atoms with Crippen molar-refractivity contribution >= 4 is 0 Å². The van der Waals surface area contributed by atoms with E-state index < -0.39 is 6.10 Å². The molecule has 27 heavy (non-hydrogen) atoms. The maximum absolute atomic E-state index is 13.3. The van der Waals surface area contributed by atoms with Gasteiger partial charge in [0.25, 0.3) is 0 Å². The third kappa shape index (κ3) is 4.20. The number of pyridine rings is 1. The first-order valence-electron chi connectivity index (χ1n) is 9.09. The van der Waals surface area contributed by atoms with Gasteiger partial charge in [0.2, 0.25) is 11.8 Å². The molecule has 3 aromatic rings. The summed E-state index contributed by atoms with van der Waals surface area (Å²) in [6.07, 6.45) is 2.93. The Bertz CT molecular complexity index is 878. The molecule has 7 heteroatoms. The highest BCUT2D eigenvalue weighted by atomic mass is 19.1. The molecule has 0 amide bonds. The van der Waals surface area contributed by atoms with Crippen LogP contribution >= 0.6 is 0 Å². The van der Waals surface area contributed by atoms with Crippen molar-refractivity contribution in [3.63, 3.8) is 0 Å². The molecule has 0 unspecified atom stereocenters. The van der Waals surface area contributed by atoms with Crippen LogP contribution in [0.5, 0.6) is 0 Å². The first kappa shape index (κ1) is 17.8. The van der Waals surface area contributed by atoms with Crippen molar-refractivity contribution in [2.24, 2.45) is 5.92 Å². The van der Waals surface area contributed by atoms with Crippen LogP contribution in [0.2, 0.25) is 0 Å². The minimum atomic E-state index is -0.531. The summed E-state index contributed by atoms with van der Waals surface area (Å²) in [6.45, 7) is 2.23. The Morgan fingerprint density at radius 2 is 2.00 bits per heavy atom. The van der Waals surface area contributed by atoms with Gasteiger partial charge in [0.05, 0.1) is 18.3 Å². The summed E-state index contributed by atoms with van der Waals surface area (Å²) in [4.78, 5) is 6.48. The van der Waals surface area contributed by atoms with Crippen LogP contribution in [0.25, 0.3) is 11.5 Å². The van der Waals surface area contributed by atoms with E-state index in [-0.39, 0.29) is 11.7 Å². The van der Waals surface area contributed by atoms with E-state index in [0.717, 1.165) is 31.6 Å². The van der Waals surface area contributed by atoms with Gasteiger partial charge in [-0.2, -0.15) is 0 Å². The van der Waals surface area contributed by atoms with E-state index in [0.29, 0.717) is 23.9 Å². The fourth-order valence-corrected chi connectivity index (χ4v) is 3.47. The molecule has 1 N–H and O–H groups in total. The van der Waals surface area contributed by atoms with Gasteiger partial charge in [-0.15, -0.1) is 10.2 Å². The van der Waals surface area contributed by atoms with Crippen molar-refractivity contribution in [2.75, 3.05) is 13.1 Å². The number of benzene rings is 1. The Morgan fingerprint density at radius 3 is 2.74 bits per heavy atom. The molecule has 1 saturated heterocycles. The van der Waals surface area contributed by atoms with Crippen LogP contribution in [0.4, 0.5) is 4.39 Å². The van der Waals surface area contributed by atoms with Crippen LogP contribution in [0.3, 0.4) is 0 Å². The quantitative estimate of drug-likeness (QED) is 0.745. The maximum Gasteiger partial charge on any atom is 0.247 e. The van der Waals surface area contributed by atoms with Gasteiger partial charge >= 0.3 is 0 Å². The number of piperidine rings is 1. The molecular weight excluding hydrogens is 347 g/mol. The summed E-state index contributed by atoms with van der Waals surface area (Å²) in [5.41, 5.74) is 1.30. The molecule has 1 aliphatic rings. The topological polar surface area (TPSA) is 75.3 Å². The smallest absolute Gasteiger partial charge is 0.247 e. The third-order valence-electron chi connectivity index (χ3n) is 4.97. The highest BCUT2D eigenvalue weighted by Crippen LogP contribution is 2.30. The van der Waals surface area contributed by atoms with Crippen LogP contribution in [0, 0.1) is 11.7 Å². The van der Waals surface area contributed by atoms with Crippen LogP contribution in [0.1, 0.15) is 30.5 Å². The van der Waals surface area contributed by atoms with E-state index in [1.165, 1.54) is 12.1 Å². The van der Waals surface area contributed by atoms with Gasteiger partial charge in [0.15, 0.2) is 0 Å². The maximum atomic E-state index is 13.3. The molecular formula is C20H21FN4O2. The second-order valence-corrected chi connectivity index (χ2v) is 6.82. The summed E-state index contributed by atoms with van der Waals surface area (Å²) in [5, 5.41) is 18.6. The number of hydrogen-bond donors (Lipinski definition) is 1. The molecule has 2 aromatic heterocycles. The van der Waals surface area contributed by atoms with Crippen LogP contribution in [-0.2, 0) is 6.54 Å². The molecule has 3 heterocycles. The second kappa shape index (κ2) is 7.94. The lowest BCUT2D eigenvalue weighted by molar-refractivity contribution is 0.0517. The third-order valence-corrected chi connectivity index (χ3v) is 4.97. The molecule has 0 radical (unpaired) electrons. The number of aromatic nitrogens is 3. The lowest BCUT2D eigenvalue weighted by atomic mass is 9.89. The number of hydrogen-bond acceptors (Lipinski definition) is 6. The summed E-state index contributed by atoms with van der Waals surface area (Å²) in [7, 11) is 0. The van der Waals surface area contributed by atoms with Gasteiger partial charge in [0.1, 0.15) is 5.82 Å². The van der Waals surface area contributed by atoms with E-state index in [1.807, 2.05) is 18.2 Å². The number of aliphatic hydroxyl groups excluding tert-OH is 1. The Kier molecular flexibility index (Phi) is 5.22. The second-order valence-electron chi connectivity index (χ2n) is 6.82. The van der Waals surface area contributed by atoms with E-state index in [2.05, 4.69) is 20.1 Å². The van der Waals surface area contributed by atoms with Gasteiger partial charge in [-0.25, -0.2) is 4.39 Å². The highest BCUT2D eigenvalue weighted by Gasteiger charge is 2.27. The SMILES string of the molecule is O[C@@H](c1ccccn1)C1CCN(Cc2nnc(-c3cccc(F)c3)o2)CC1. The number of halogens is 1. The molecule has 1 fully saturated rings. The minimum absolute atomic E-state index is 0.196. The fraction of sp³-hybridized carbons (Fsp3) is 0.350. The number of likely N-dealkylation sites (tertiary alicyclic amines) is 1. The Hall–Kier alpha value is -2.64. The van der Waals surface area contributed by atoms with Crippen LogP contribution < -0.4 is 0 Å². The van der Waals surface area contributed by atoms with Gasteiger partial charge in [-0.3, -0.25) is 9.88 Å². The average molecular weight is 368 g/mol. The van der Waals surface area contributed by atoms with Crippen molar-refractivity contribution < 1.29 is 13.9 Å². The van der Waals surface area contributed by atoms with Crippen molar-refractivity contribution in [1.29, 1.82) is 0 Å². The van der Waals surface area contributed by atoms with E-state index in [1.54, 1.807) is 18.3 Å². The number of nitrogens with zero attached hydrogens (tertiary/aromatic N) is 4. The van der Waals surface area contributed by atoms with Crippen molar-refractivity contribution in [3.05, 3.63) is 66.1 Å². The number of aliphatic hydroxyl groups is 1. The predicted molar refractivity (Wildman–Crippen MR) is 96.9 cm³/mol. The first-order valence-corrected chi connectivity index (χ1v) is 9.09. The highest BCUT2D eigenvalue weighted by molar-refractivity contribution is 5.52. The van der Waals surface area contributed by atoms with Gasteiger partial charge < -0.3 is 9.52 Å². The molecule has 0 saturated carbocycles. The molecule has 1 aliphatic heterocycles. The molecule has 4 rings (SSSR count). The molecule has 6 nitrogen and oxygen atoms in total. The minimum Gasteiger partial charge on any atom is -0.419 e. The number of rotatable bonds is 5. The zero-order valence-electron chi connectivity index (χ0n) is 14.8. The summed E-state index contributed by atoms with van der Waals surface area (Å²) in [6, 6.07) is 11.7. The molecule has 1 aromatic carbocycles. The summed E-state index contributed by atoms with van der Waals surface area (Å²) < 4.78 is 19.0. The van der Waals surface area contributed by atoms with Crippen molar-refractivity contribution in [3.8, 4) is 11.5 Å². The first-order chi connectivity index (χ1) is 13.2. The standard InChI is InChI=1S/C20H21FN4O2/c21-16-5-3-4-15(12-16)20-24-23-18(27-20)13-25-10-7-14(8-11-25)19(26)17-6-1-2-9-22-17/h1-6,9,12,14,19,26H,7-8,10-11,13H2/t19-/m1/s1. The van der Waals surface area contributed by atoms with E-state index >= 15 is 0 Å². The van der Waals surface area contributed by atoms with Gasteiger partial charge in [-0.1, -0.05) is 12.1 Å². The fourth-order valence-electron chi connectivity index (χ4n) is 3.47. The molecule has 1 atom stereocenters. The predicted octanol–water partition coefficient (Wildman–Crippen LogP) is 3.22. The molecule has 0 spiro atoms. The molecule has 0 bridgehead atoms. The summed E-state index contributed by atoms with van der Waals surface area (Å²) in [5.74, 6) is 0.699. The molecule has 140 valence electrons. The van der Waals surface area contributed by atoms with Gasteiger partial charge in [0, 0.05) is 11.8 Å². The normalized spacial score (nSPS) is 17.1. The molecule has 0 aliphatic carbocycles. The van der Waals surface area contributed by atoms with Crippen LogP contribution in [0.15, 0.2) is 53.1 Å². The zero-order valence-corrected chi connectivity index (χ0v) is 14.8. The zero-order chi connectivity index (χ0) is 18.6. The lowest BCUT2D eigenvalue weighted by Crippen LogP contribution is -2.35. The largest absolute Gasteiger partial charge is 0.419 e. The Labute approximate surface area is 156 Å². The van der Waals surface area contributed by atoms with Crippen molar-refractivity contribution in [1.82, 2.24) is 20.1 Å². The monoisotopic (exact) mass is 368 g/mol. The van der Waals surface area contributed by atoms with Crippen LogP contribution in [-0.4, -0.2) is 38.3 Å². The van der Waals surface area contributed by atoms with E-state index in [9.17, 15) is 9.50 Å². The summed E-state index contributed by atoms with van der Waals surface area (Å²) >= 11 is 0. The average Bonchev–Trinajstić information content (AvgIpc) is 3.17. The Balaban J connectivity index is 1.33. The van der Waals surface area contributed by atoms with E-state index in [4.69, 9.17) is 4.42 Å². The van der Waals surface area contributed by atoms with Crippen molar-refractivity contribution in [2.45, 2.75) is 25.5 Å².